The lowest BCUT2D eigenvalue weighted by molar-refractivity contribution is 0.102. The Morgan fingerprint density at radius 3 is 2.57 bits per heavy atom. The van der Waals surface area contributed by atoms with Crippen LogP contribution in [0.4, 0.5) is 11.4 Å². The molecule has 5 nitrogen and oxygen atoms in total. The minimum absolute atomic E-state index is 0.147. The summed E-state index contributed by atoms with van der Waals surface area (Å²) < 4.78 is 5.29. The molecule has 4 rings (SSSR count). The van der Waals surface area contributed by atoms with Crippen molar-refractivity contribution in [2.75, 3.05) is 30.4 Å². The second-order valence-electron chi connectivity index (χ2n) is 7.33. The monoisotopic (exact) mass is 375 g/mol. The van der Waals surface area contributed by atoms with Gasteiger partial charge in [0.1, 0.15) is 5.75 Å². The summed E-state index contributed by atoms with van der Waals surface area (Å²) in [7, 11) is 1.63. The number of aryl methyl sites for hydroxylation is 2. The number of anilines is 2. The highest BCUT2D eigenvalue weighted by Gasteiger charge is 2.16. The van der Waals surface area contributed by atoms with Crippen molar-refractivity contribution >= 4 is 28.2 Å². The first-order valence-corrected chi connectivity index (χ1v) is 9.67. The van der Waals surface area contributed by atoms with Gasteiger partial charge < -0.3 is 15.0 Å². The van der Waals surface area contributed by atoms with E-state index < -0.39 is 0 Å². The number of nitrogens with one attached hydrogen (secondary N) is 1. The standard InChI is InChI=1S/C23H25N3O2/c1-15-12-18(26-10-4-5-11-26)6-8-21(15)25-23(27)20-14-17-13-19(28-3)7-9-22(17)24-16(20)2/h6-9,12-14H,4-5,10-11H2,1-3H3,(H,25,27). The van der Waals surface area contributed by atoms with Gasteiger partial charge in [0.05, 0.1) is 23.9 Å². The Kier molecular flexibility index (Phi) is 4.90. The number of nitrogens with zero attached hydrogens (tertiary/aromatic N) is 2. The molecule has 0 unspecified atom stereocenters. The number of carbonyl (C=O) groups excluding carboxylic acids is 1. The number of pyridine rings is 1. The van der Waals surface area contributed by atoms with Crippen LogP contribution in [-0.4, -0.2) is 31.1 Å². The summed E-state index contributed by atoms with van der Waals surface area (Å²) in [5.74, 6) is 0.601. The minimum Gasteiger partial charge on any atom is -0.497 e. The maximum atomic E-state index is 12.9. The van der Waals surface area contributed by atoms with E-state index in [2.05, 4.69) is 27.3 Å². The van der Waals surface area contributed by atoms with Gasteiger partial charge in [0.2, 0.25) is 0 Å². The smallest absolute Gasteiger partial charge is 0.257 e. The molecule has 1 aliphatic rings. The molecule has 0 atom stereocenters. The van der Waals surface area contributed by atoms with Crippen molar-refractivity contribution in [3.8, 4) is 5.75 Å². The molecule has 1 amide bonds. The van der Waals surface area contributed by atoms with Crippen molar-refractivity contribution < 1.29 is 9.53 Å². The number of hydrogen-bond acceptors (Lipinski definition) is 4. The van der Waals surface area contributed by atoms with Gasteiger partial charge >= 0.3 is 0 Å². The molecule has 5 heteroatoms. The summed E-state index contributed by atoms with van der Waals surface area (Å²) in [6.45, 7) is 6.11. The Bertz CT molecular complexity index is 1040. The summed E-state index contributed by atoms with van der Waals surface area (Å²) in [4.78, 5) is 19.9. The highest BCUT2D eigenvalue weighted by molar-refractivity contribution is 6.07. The van der Waals surface area contributed by atoms with E-state index in [4.69, 9.17) is 4.74 Å². The second-order valence-corrected chi connectivity index (χ2v) is 7.33. The number of amides is 1. The Hall–Kier alpha value is -3.08. The van der Waals surface area contributed by atoms with Gasteiger partial charge in [-0.3, -0.25) is 9.78 Å². The van der Waals surface area contributed by atoms with E-state index in [0.29, 0.717) is 11.3 Å². The van der Waals surface area contributed by atoms with Crippen LogP contribution >= 0.6 is 0 Å². The number of aromatic nitrogens is 1. The maximum Gasteiger partial charge on any atom is 0.257 e. The van der Waals surface area contributed by atoms with Crippen molar-refractivity contribution in [1.29, 1.82) is 0 Å². The third-order valence-corrected chi connectivity index (χ3v) is 5.39. The van der Waals surface area contributed by atoms with E-state index in [-0.39, 0.29) is 5.91 Å². The number of fused-ring (bicyclic) bond motifs is 1. The molecule has 2 aromatic carbocycles. The normalized spacial score (nSPS) is 13.8. The molecule has 144 valence electrons. The van der Waals surface area contributed by atoms with E-state index in [1.54, 1.807) is 7.11 Å². The van der Waals surface area contributed by atoms with E-state index >= 15 is 0 Å². The van der Waals surface area contributed by atoms with E-state index in [1.165, 1.54) is 18.5 Å². The van der Waals surface area contributed by atoms with Crippen LogP contribution in [0.25, 0.3) is 10.9 Å². The summed E-state index contributed by atoms with van der Waals surface area (Å²) in [5, 5.41) is 3.94. The summed E-state index contributed by atoms with van der Waals surface area (Å²) >= 11 is 0. The molecule has 3 aromatic rings. The SMILES string of the molecule is COc1ccc2nc(C)c(C(=O)Nc3ccc(N4CCCC4)cc3C)cc2c1. The Morgan fingerprint density at radius 1 is 1.07 bits per heavy atom. The van der Waals surface area contributed by atoms with E-state index in [9.17, 15) is 4.79 Å². The number of rotatable bonds is 4. The lowest BCUT2D eigenvalue weighted by Gasteiger charge is -2.19. The number of carbonyl (C=O) groups is 1. The Morgan fingerprint density at radius 2 is 1.86 bits per heavy atom. The quantitative estimate of drug-likeness (QED) is 0.717. The van der Waals surface area contributed by atoms with Crippen LogP contribution < -0.4 is 15.0 Å². The van der Waals surface area contributed by atoms with Crippen LogP contribution in [0.5, 0.6) is 5.75 Å². The molecule has 0 radical (unpaired) electrons. The summed E-state index contributed by atoms with van der Waals surface area (Å²) in [6.07, 6.45) is 2.49. The molecule has 2 heterocycles. The Labute approximate surface area is 165 Å². The van der Waals surface area contributed by atoms with Crippen LogP contribution in [0.15, 0.2) is 42.5 Å². The first-order valence-electron chi connectivity index (χ1n) is 9.67. The van der Waals surface area contributed by atoms with Crippen molar-refractivity contribution in [1.82, 2.24) is 4.98 Å². The fourth-order valence-electron chi connectivity index (χ4n) is 3.76. The molecule has 1 saturated heterocycles. The average molecular weight is 375 g/mol. The van der Waals surface area contributed by atoms with Crippen molar-refractivity contribution in [3.63, 3.8) is 0 Å². The summed E-state index contributed by atoms with van der Waals surface area (Å²) in [6, 6.07) is 13.8. The number of hydrogen-bond donors (Lipinski definition) is 1. The lowest BCUT2D eigenvalue weighted by atomic mass is 10.1. The van der Waals surface area contributed by atoms with Crippen LogP contribution in [0.2, 0.25) is 0 Å². The molecule has 1 aliphatic heterocycles. The molecule has 0 aliphatic carbocycles. The van der Waals surface area contributed by atoms with Crippen LogP contribution in [0.1, 0.15) is 34.5 Å². The van der Waals surface area contributed by atoms with Crippen molar-refractivity contribution in [2.45, 2.75) is 26.7 Å². The molecule has 28 heavy (non-hydrogen) atoms. The van der Waals surface area contributed by atoms with Gasteiger partial charge in [-0.15, -0.1) is 0 Å². The molecular weight excluding hydrogens is 350 g/mol. The van der Waals surface area contributed by atoms with E-state index in [1.807, 2.05) is 44.2 Å². The third-order valence-electron chi connectivity index (χ3n) is 5.39. The third kappa shape index (κ3) is 3.52. The zero-order valence-electron chi connectivity index (χ0n) is 16.6. The van der Waals surface area contributed by atoms with Gasteiger partial charge in [-0.2, -0.15) is 0 Å². The lowest BCUT2D eigenvalue weighted by Crippen LogP contribution is -2.18. The summed E-state index contributed by atoms with van der Waals surface area (Å²) in [5.41, 5.74) is 5.25. The molecule has 1 N–H and O–H groups in total. The fraction of sp³-hybridized carbons (Fsp3) is 0.304. The first kappa shape index (κ1) is 18.3. The molecule has 1 aromatic heterocycles. The topological polar surface area (TPSA) is 54.5 Å². The zero-order valence-corrected chi connectivity index (χ0v) is 16.6. The second kappa shape index (κ2) is 7.50. The molecular formula is C23H25N3O2. The highest BCUT2D eigenvalue weighted by atomic mass is 16.5. The highest BCUT2D eigenvalue weighted by Crippen LogP contribution is 2.27. The van der Waals surface area contributed by atoms with Gasteiger partial charge in [-0.25, -0.2) is 0 Å². The molecule has 0 spiro atoms. The van der Waals surface area contributed by atoms with Crippen LogP contribution in [0.3, 0.4) is 0 Å². The zero-order chi connectivity index (χ0) is 19.7. The van der Waals surface area contributed by atoms with E-state index in [0.717, 1.165) is 41.0 Å². The molecule has 0 saturated carbocycles. The van der Waals surface area contributed by atoms with Crippen molar-refractivity contribution in [3.05, 3.63) is 59.3 Å². The van der Waals surface area contributed by atoms with Gasteiger partial charge in [0.15, 0.2) is 0 Å². The predicted octanol–water partition coefficient (Wildman–Crippen LogP) is 4.71. The minimum atomic E-state index is -0.147. The van der Waals surface area contributed by atoms with Crippen LogP contribution in [-0.2, 0) is 0 Å². The van der Waals surface area contributed by atoms with Crippen molar-refractivity contribution in [2.24, 2.45) is 0 Å². The van der Waals surface area contributed by atoms with Gasteiger partial charge in [-0.05, 0) is 74.7 Å². The number of methoxy groups -OCH3 is 1. The Balaban J connectivity index is 1.60. The number of ether oxygens (including phenoxy) is 1. The average Bonchev–Trinajstić information content (AvgIpc) is 3.23. The molecule has 1 fully saturated rings. The largest absolute Gasteiger partial charge is 0.497 e. The van der Waals surface area contributed by atoms with Gasteiger partial charge in [-0.1, -0.05) is 0 Å². The number of benzene rings is 2. The van der Waals surface area contributed by atoms with Crippen LogP contribution in [0, 0.1) is 13.8 Å². The molecule has 0 bridgehead atoms. The first-order chi connectivity index (χ1) is 13.5. The predicted molar refractivity (Wildman–Crippen MR) is 114 cm³/mol. The van der Waals surface area contributed by atoms with Gasteiger partial charge in [0.25, 0.3) is 5.91 Å². The van der Waals surface area contributed by atoms with Gasteiger partial charge in [0, 0.05) is 29.9 Å². The fourth-order valence-corrected chi connectivity index (χ4v) is 3.76. The maximum absolute atomic E-state index is 12.9.